The average Bonchev–Trinajstić information content (AvgIpc) is 2.90. The first-order valence-electron chi connectivity index (χ1n) is 10.8. The molecule has 0 aliphatic heterocycles. The van der Waals surface area contributed by atoms with Crippen molar-refractivity contribution in [3.63, 3.8) is 0 Å². The quantitative estimate of drug-likeness (QED) is 0.162. The molecule has 0 N–H and O–H groups in total. The van der Waals surface area contributed by atoms with E-state index < -0.39 is 5.92 Å². The zero-order chi connectivity index (χ0) is 22.6. The second-order valence-electron chi connectivity index (χ2n) is 7.82. The number of para-hydroxylation sites is 1. The van der Waals surface area contributed by atoms with Crippen LogP contribution in [0.3, 0.4) is 0 Å². The van der Waals surface area contributed by atoms with E-state index >= 15 is 0 Å². The topological polar surface area (TPSA) is 45.4 Å². The van der Waals surface area contributed by atoms with Gasteiger partial charge in [0.1, 0.15) is 5.92 Å². The van der Waals surface area contributed by atoms with Crippen LogP contribution in [-0.4, -0.2) is 11.6 Å². The molecule has 0 aliphatic rings. The first kappa shape index (κ1) is 20.5. The Bertz CT molecular complexity index is 1370. The number of rotatable bonds is 6. The van der Waals surface area contributed by atoms with Gasteiger partial charge in [-0.1, -0.05) is 91.0 Å². The lowest BCUT2D eigenvalue weighted by Gasteiger charge is -2.16. The highest BCUT2D eigenvalue weighted by molar-refractivity contribution is 6.21. The van der Waals surface area contributed by atoms with Gasteiger partial charge in [-0.3, -0.25) is 9.59 Å². The lowest BCUT2D eigenvalue weighted by molar-refractivity contribution is 0.0861. The van der Waals surface area contributed by atoms with Crippen molar-refractivity contribution in [3.8, 4) is 11.3 Å². The van der Waals surface area contributed by atoms with E-state index in [1.165, 1.54) is 0 Å². The van der Waals surface area contributed by atoms with Crippen LogP contribution >= 0.6 is 0 Å². The summed E-state index contributed by atoms with van der Waals surface area (Å²) in [6, 6.07) is 37.0. The van der Waals surface area contributed by atoms with E-state index in [9.17, 15) is 9.59 Å². The molecular formula is C30H21O3+. The number of hydrogen-bond donors (Lipinski definition) is 0. The lowest BCUT2D eigenvalue weighted by atomic mass is 9.82. The molecule has 0 aliphatic carbocycles. The summed E-state index contributed by atoms with van der Waals surface area (Å²) in [6.45, 7) is 0. The second-order valence-corrected chi connectivity index (χ2v) is 7.82. The monoisotopic (exact) mass is 429 g/mol. The Hall–Kier alpha value is -4.37. The molecule has 1 heterocycles. The largest absolute Gasteiger partial charge is 0.361 e. The molecule has 0 spiro atoms. The van der Waals surface area contributed by atoms with Gasteiger partial charge in [0.2, 0.25) is 0 Å². The van der Waals surface area contributed by atoms with Crippen LogP contribution in [-0.2, 0) is 0 Å². The van der Waals surface area contributed by atoms with Gasteiger partial charge in [0, 0.05) is 23.3 Å². The summed E-state index contributed by atoms with van der Waals surface area (Å²) in [6.07, 6.45) is 0. The molecule has 4 aromatic carbocycles. The Labute approximate surface area is 192 Å². The van der Waals surface area contributed by atoms with Crippen molar-refractivity contribution in [2.24, 2.45) is 0 Å². The van der Waals surface area contributed by atoms with Crippen molar-refractivity contribution < 1.29 is 14.0 Å². The molecule has 0 amide bonds. The standard InChI is InChI=1S/C30H21O3/c31-29(22-14-6-2-7-15-22)28(30(32)23-16-8-3-9-17-23)25-20-27(21-12-4-1-5-13-21)33-26-19-11-10-18-24(25)26/h1-20,28H/q+1. The minimum atomic E-state index is -1.00. The maximum absolute atomic E-state index is 13.8. The Morgan fingerprint density at radius 3 is 1.64 bits per heavy atom. The highest BCUT2D eigenvalue weighted by Crippen LogP contribution is 2.35. The molecule has 5 aromatic rings. The number of carbonyl (C=O) groups is 2. The SMILES string of the molecule is O=C(c1ccccc1)C(C(=O)c1ccccc1)c1cc(-c2ccccc2)[o+]c2ccccc12. The smallest absolute Gasteiger partial charge is 0.293 e. The van der Waals surface area contributed by atoms with E-state index in [4.69, 9.17) is 4.42 Å². The van der Waals surface area contributed by atoms with Gasteiger partial charge in [-0.05, 0) is 23.8 Å². The lowest BCUT2D eigenvalue weighted by Crippen LogP contribution is -2.23. The maximum Gasteiger partial charge on any atom is 0.361 e. The molecule has 3 nitrogen and oxygen atoms in total. The third kappa shape index (κ3) is 4.09. The number of carbonyl (C=O) groups excluding carboxylic acids is 2. The fraction of sp³-hybridized carbons (Fsp3) is 0.0333. The van der Waals surface area contributed by atoms with E-state index in [2.05, 4.69) is 0 Å². The molecule has 0 atom stereocenters. The zero-order valence-electron chi connectivity index (χ0n) is 17.8. The van der Waals surface area contributed by atoms with E-state index in [0.29, 0.717) is 28.0 Å². The van der Waals surface area contributed by atoms with E-state index in [1.54, 1.807) is 24.3 Å². The van der Waals surface area contributed by atoms with Crippen LogP contribution in [0.15, 0.2) is 126 Å². The number of ketones is 2. The molecular weight excluding hydrogens is 408 g/mol. The van der Waals surface area contributed by atoms with Crippen molar-refractivity contribution in [1.29, 1.82) is 0 Å². The van der Waals surface area contributed by atoms with Crippen LogP contribution in [0, 0.1) is 0 Å². The van der Waals surface area contributed by atoms with Gasteiger partial charge in [0.05, 0.1) is 10.9 Å². The summed E-state index contributed by atoms with van der Waals surface area (Å²) in [5, 5.41) is 0.746. The number of Topliss-reactive ketones (excluding diaryl/α,β-unsaturated/α-hetero) is 2. The number of fused-ring (bicyclic) bond motifs is 1. The summed E-state index contributed by atoms with van der Waals surface area (Å²) >= 11 is 0. The predicted molar refractivity (Wildman–Crippen MR) is 130 cm³/mol. The van der Waals surface area contributed by atoms with Gasteiger partial charge in [0.15, 0.2) is 11.6 Å². The molecule has 5 rings (SSSR count). The molecule has 0 radical (unpaired) electrons. The highest BCUT2D eigenvalue weighted by Gasteiger charge is 2.34. The van der Waals surface area contributed by atoms with Crippen molar-refractivity contribution in [2.45, 2.75) is 5.92 Å². The number of hydrogen-bond acceptors (Lipinski definition) is 2. The minimum absolute atomic E-state index is 0.236. The Balaban J connectivity index is 1.76. The van der Waals surface area contributed by atoms with E-state index in [0.717, 1.165) is 10.9 Å². The first-order chi connectivity index (χ1) is 16.2. The second kappa shape index (κ2) is 9.01. The zero-order valence-corrected chi connectivity index (χ0v) is 17.8. The van der Waals surface area contributed by atoms with Crippen LogP contribution in [0.25, 0.3) is 22.3 Å². The first-order valence-corrected chi connectivity index (χ1v) is 10.8. The molecule has 3 heteroatoms. The molecule has 0 saturated carbocycles. The van der Waals surface area contributed by atoms with Crippen LogP contribution in [0.5, 0.6) is 0 Å². The third-order valence-electron chi connectivity index (χ3n) is 5.71. The van der Waals surface area contributed by atoms with Crippen LogP contribution in [0.1, 0.15) is 32.2 Å². The Morgan fingerprint density at radius 2 is 1.06 bits per heavy atom. The normalized spacial score (nSPS) is 10.9. The van der Waals surface area contributed by atoms with Gasteiger partial charge >= 0.3 is 11.3 Å². The van der Waals surface area contributed by atoms with Gasteiger partial charge in [-0.2, -0.15) is 0 Å². The fourth-order valence-corrected chi connectivity index (χ4v) is 4.08. The predicted octanol–water partition coefficient (Wildman–Crippen LogP) is 7.23. The van der Waals surface area contributed by atoms with E-state index in [1.807, 2.05) is 97.1 Å². The summed E-state index contributed by atoms with van der Waals surface area (Å²) in [5.41, 5.74) is 3.14. The van der Waals surface area contributed by atoms with Crippen molar-refractivity contribution in [2.75, 3.05) is 0 Å². The van der Waals surface area contributed by atoms with Gasteiger partial charge in [-0.15, -0.1) is 0 Å². The Kier molecular flexibility index (Phi) is 5.61. The molecule has 0 saturated heterocycles. The summed E-state index contributed by atoms with van der Waals surface area (Å²) in [4.78, 5) is 27.6. The molecule has 158 valence electrons. The van der Waals surface area contributed by atoms with Crippen molar-refractivity contribution in [1.82, 2.24) is 0 Å². The molecule has 0 fully saturated rings. The summed E-state index contributed by atoms with van der Waals surface area (Å²) < 4.78 is 6.19. The summed E-state index contributed by atoms with van der Waals surface area (Å²) in [7, 11) is 0. The van der Waals surface area contributed by atoms with Crippen LogP contribution in [0.4, 0.5) is 0 Å². The van der Waals surface area contributed by atoms with Crippen LogP contribution < -0.4 is 0 Å². The molecule has 1 aromatic heterocycles. The van der Waals surface area contributed by atoms with Crippen molar-refractivity contribution in [3.05, 3.63) is 138 Å². The van der Waals surface area contributed by atoms with Gasteiger partial charge in [-0.25, -0.2) is 4.42 Å². The molecule has 33 heavy (non-hydrogen) atoms. The highest BCUT2D eigenvalue weighted by atomic mass is 16.3. The fourth-order valence-electron chi connectivity index (χ4n) is 4.08. The minimum Gasteiger partial charge on any atom is -0.293 e. The van der Waals surface area contributed by atoms with E-state index in [-0.39, 0.29) is 11.6 Å². The van der Waals surface area contributed by atoms with Gasteiger partial charge in [0.25, 0.3) is 0 Å². The Morgan fingerprint density at radius 1 is 0.576 bits per heavy atom. The maximum atomic E-state index is 13.8. The number of benzene rings is 4. The van der Waals surface area contributed by atoms with Crippen molar-refractivity contribution >= 4 is 22.5 Å². The third-order valence-corrected chi connectivity index (χ3v) is 5.71. The van der Waals surface area contributed by atoms with Crippen LogP contribution in [0.2, 0.25) is 0 Å². The summed E-state index contributed by atoms with van der Waals surface area (Å²) in [5.74, 6) is -0.866. The molecule has 0 unspecified atom stereocenters. The molecule has 0 bridgehead atoms. The van der Waals surface area contributed by atoms with Gasteiger partial charge < -0.3 is 0 Å². The average molecular weight is 429 g/mol.